The van der Waals surface area contributed by atoms with E-state index >= 15 is 0 Å². The summed E-state index contributed by atoms with van der Waals surface area (Å²) in [4.78, 5) is 8.99. The third-order valence-corrected chi connectivity index (χ3v) is 4.83. The van der Waals surface area contributed by atoms with Gasteiger partial charge in [-0.2, -0.15) is 0 Å². The fourth-order valence-electron chi connectivity index (χ4n) is 3.06. The van der Waals surface area contributed by atoms with E-state index in [0.29, 0.717) is 22.8 Å². The summed E-state index contributed by atoms with van der Waals surface area (Å²) in [7, 11) is -1.84. The van der Waals surface area contributed by atoms with Gasteiger partial charge in [-0.05, 0) is 30.3 Å². The van der Waals surface area contributed by atoms with Crippen LogP contribution in [0.1, 0.15) is 0 Å². The highest BCUT2D eigenvalue weighted by molar-refractivity contribution is 7.92. The first kappa shape index (κ1) is 20.6. The molecule has 4 rings (SSSR count). The van der Waals surface area contributed by atoms with Crippen LogP contribution in [0.2, 0.25) is 0 Å². The zero-order valence-electron chi connectivity index (χ0n) is 15.7. The second-order valence-corrected chi connectivity index (χ2v) is 8.04. The van der Waals surface area contributed by atoms with Gasteiger partial charge in [-0.25, -0.2) is 18.4 Å². The molecular formula is C20H19ClN4O3S. The number of pyridine rings is 2. The number of aromatic nitrogens is 2. The highest BCUT2D eigenvalue weighted by Gasteiger charge is 2.13. The third kappa shape index (κ3) is 4.33. The van der Waals surface area contributed by atoms with Crippen LogP contribution < -0.4 is 14.8 Å². The lowest BCUT2D eigenvalue weighted by molar-refractivity contribution is 0.417. The maximum Gasteiger partial charge on any atom is 0.229 e. The van der Waals surface area contributed by atoms with Gasteiger partial charge in [-0.3, -0.25) is 4.72 Å². The van der Waals surface area contributed by atoms with Crippen LogP contribution in [0.5, 0.6) is 5.75 Å². The number of fused-ring (bicyclic) bond motifs is 2. The van der Waals surface area contributed by atoms with Crippen molar-refractivity contribution in [3.8, 4) is 5.75 Å². The summed E-state index contributed by atoms with van der Waals surface area (Å²) in [6, 6.07) is 16.7. The topological polar surface area (TPSA) is 93.2 Å². The number of halogens is 1. The number of sulfonamides is 1. The van der Waals surface area contributed by atoms with Crippen molar-refractivity contribution in [1.82, 2.24) is 9.97 Å². The van der Waals surface area contributed by atoms with Crippen LogP contribution in [0.15, 0.2) is 60.8 Å². The van der Waals surface area contributed by atoms with Crippen LogP contribution in [-0.2, 0) is 10.0 Å². The lowest BCUT2D eigenvalue weighted by Crippen LogP contribution is -2.09. The first-order chi connectivity index (χ1) is 13.4. The Labute approximate surface area is 174 Å². The minimum Gasteiger partial charge on any atom is -0.494 e. The standard InChI is InChI=1S/C20H18N4O3S.ClH/c1-27-18-12-13(24-28(2,25)26)9-10-17(18)22-19-14-6-3-4-8-16(14)23-20-15(19)7-5-11-21-20;/h3-12,24H,1-2H3,(H,21,22,23);1H. The number of benzene rings is 2. The van der Waals surface area contributed by atoms with Gasteiger partial charge in [0.05, 0.1) is 35.9 Å². The number of methoxy groups -OCH3 is 1. The molecule has 2 aromatic carbocycles. The molecule has 0 saturated carbocycles. The van der Waals surface area contributed by atoms with Gasteiger partial charge in [-0.15, -0.1) is 12.4 Å². The third-order valence-electron chi connectivity index (χ3n) is 4.22. The Morgan fingerprint density at radius 3 is 2.52 bits per heavy atom. The molecule has 0 fully saturated rings. The normalized spacial score (nSPS) is 11.1. The van der Waals surface area contributed by atoms with Crippen LogP contribution in [0.3, 0.4) is 0 Å². The van der Waals surface area contributed by atoms with Crippen molar-refractivity contribution >= 4 is 61.4 Å². The lowest BCUT2D eigenvalue weighted by atomic mass is 10.1. The smallest absolute Gasteiger partial charge is 0.229 e. The Bertz CT molecular complexity index is 1240. The number of nitrogens with zero attached hydrogens (tertiary/aromatic N) is 2. The molecule has 0 amide bonds. The maximum absolute atomic E-state index is 11.5. The molecule has 0 aliphatic carbocycles. The van der Waals surface area contributed by atoms with Crippen molar-refractivity contribution in [1.29, 1.82) is 0 Å². The van der Waals surface area contributed by atoms with E-state index in [1.807, 2.05) is 36.4 Å². The van der Waals surface area contributed by atoms with Crippen LogP contribution in [-0.4, -0.2) is 31.8 Å². The molecule has 0 radical (unpaired) electrons. The van der Waals surface area contributed by atoms with Crippen molar-refractivity contribution < 1.29 is 13.2 Å². The van der Waals surface area contributed by atoms with Crippen molar-refractivity contribution in [2.45, 2.75) is 0 Å². The first-order valence-electron chi connectivity index (χ1n) is 8.51. The minimum absolute atomic E-state index is 0. The predicted molar refractivity (Wildman–Crippen MR) is 119 cm³/mol. The molecule has 2 aromatic heterocycles. The number of ether oxygens (including phenoxy) is 1. The van der Waals surface area contributed by atoms with Crippen molar-refractivity contribution in [2.75, 3.05) is 23.4 Å². The molecule has 29 heavy (non-hydrogen) atoms. The molecule has 9 heteroatoms. The molecule has 0 atom stereocenters. The zero-order chi connectivity index (χ0) is 19.7. The molecule has 0 bridgehead atoms. The molecule has 0 unspecified atom stereocenters. The summed E-state index contributed by atoms with van der Waals surface area (Å²) in [5, 5.41) is 5.24. The zero-order valence-corrected chi connectivity index (χ0v) is 17.3. The Balaban J connectivity index is 0.00000240. The second-order valence-electron chi connectivity index (χ2n) is 6.29. The molecule has 0 aliphatic heterocycles. The number of hydrogen-bond donors (Lipinski definition) is 2. The predicted octanol–water partition coefficient (Wildman–Crippen LogP) is 4.33. The highest BCUT2D eigenvalue weighted by atomic mass is 35.5. The summed E-state index contributed by atoms with van der Waals surface area (Å²) in [5.74, 6) is 0.506. The van der Waals surface area contributed by atoms with Crippen LogP contribution in [0, 0.1) is 0 Å². The van der Waals surface area contributed by atoms with Crippen LogP contribution >= 0.6 is 12.4 Å². The molecule has 0 spiro atoms. The minimum atomic E-state index is -3.37. The van der Waals surface area contributed by atoms with Crippen molar-refractivity contribution in [3.63, 3.8) is 0 Å². The SMILES string of the molecule is COc1cc(NS(C)(=O)=O)ccc1Nc1c2ccccc2nc2ncccc12.Cl. The number of para-hydroxylation sites is 1. The van der Waals surface area contributed by atoms with Crippen molar-refractivity contribution in [2.24, 2.45) is 0 Å². The van der Waals surface area contributed by atoms with E-state index in [1.54, 1.807) is 24.4 Å². The molecule has 0 saturated heterocycles. The largest absolute Gasteiger partial charge is 0.494 e. The molecule has 2 heterocycles. The van der Waals surface area contributed by atoms with Crippen LogP contribution in [0.4, 0.5) is 17.1 Å². The van der Waals surface area contributed by atoms with E-state index in [1.165, 1.54) is 7.11 Å². The average molecular weight is 431 g/mol. The number of anilines is 3. The number of rotatable bonds is 5. The summed E-state index contributed by atoms with van der Waals surface area (Å²) < 4.78 is 30.9. The quantitative estimate of drug-likeness (QED) is 0.458. The fourth-order valence-corrected chi connectivity index (χ4v) is 3.62. The van der Waals surface area contributed by atoms with E-state index in [2.05, 4.69) is 20.0 Å². The van der Waals surface area contributed by atoms with E-state index in [9.17, 15) is 8.42 Å². The van der Waals surface area contributed by atoms with E-state index in [-0.39, 0.29) is 12.4 Å². The van der Waals surface area contributed by atoms with Gasteiger partial charge in [0.1, 0.15) is 5.75 Å². The summed E-state index contributed by atoms with van der Waals surface area (Å²) >= 11 is 0. The Morgan fingerprint density at radius 2 is 1.76 bits per heavy atom. The average Bonchev–Trinajstić information content (AvgIpc) is 2.67. The molecule has 4 aromatic rings. The van der Waals surface area contributed by atoms with Gasteiger partial charge in [0.25, 0.3) is 0 Å². The molecular weight excluding hydrogens is 412 g/mol. The summed E-state index contributed by atoms with van der Waals surface area (Å²) in [5.41, 5.74) is 3.44. The molecule has 2 N–H and O–H groups in total. The fraction of sp³-hybridized carbons (Fsp3) is 0.100. The Kier molecular flexibility index (Phi) is 5.76. The van der Waals surface area contributed by atoms with Gasteiger partial charge in [0.2, 0.25) is 10.0 Å². The van der Waals surface area contributed by atoms with E-state index in [0.717, 1.165) is 28.2 Å². The molecule has 150 valence electrons. The number of hydrogen-bond acceptors (Lipinski definition) is 6. The van der Waals surface area contributed by atoms with E-state index in [4.69, 9.17) is 4.74 Å². The van der Waals surface area contributed by atoms with Gasteiger partial charge >= 0.3 is 0 Å². The van der Waals surface area contributed by atoms with Gasteiger partial charge < -0.3 is 10.1 Å². The first-order valence-corrected chi connectivity index (χ1v) is 10.4. The van der Waals surface area contributed by atoms with Gasteiger partial charge in [0, 0.05) is 23.0 Å². The van der Waals surface area contributed by atoms with Crippen LogP contribution in [0.25, 0.3) is 21.9 Å². The summed E-state index contributed by atoms with van der Waals surface area (Å²) in [6.07, 6.45) is 2.81. The number of nitrogens with one attached hydrogen (secondary N) is 2. The Hall–Kier alpha value is -3.10. The van der Waals surface area contributed by atoms with E-state index < -0.39 is 10.0 Å². The lowest BCUT2D eigenvalue weighted by Gasteiger charge is -2.16. The monoisotopic (exact) mass is 430 g/mol. The highest BCUT2D eigenvalue weighted by Crippen LogP contribution is 2.36. The maximum atomic E-state index is 11.5. The Morgan fingerprint density at radius 1 is 1.00 bits per heavy atom. The van der Waals surface area contributed by atoms with Crippen molar-refractivity contribution in [3.05, 3.63) is 60.8 Å². The molecule has 0 aliphatic rings. The second kappa shape index (κ2) is 8.10. The van der Waals surface area contributed by atoms with Gasteiger partial charge in [-0.1, -0.05) is 18.2 Å². The molecule has 7 nitrogen and oxygen atoms in total. The van der Waals surface area contributed by atoms with Gasteiger partial charge in [0.15, 0.2) is 5.65 Å². The summed E-state index contributed by atoms with van der Waals surface area (Å²) in [6.45, 7) is 0.